The van der Waals surface area contributed by atoms with Crippen molar-refractivity contribution in [2.24, 2.45) is 0 Å². The average molecular weight is 446 g/mol. The fourth-order valence-corrected chi connectivity index (χ4v) is 3.64. The summed E-state index contributed by atoms with van der Waals surface area (Å²) in [6.45, 7) is 0. The van der Waals surface area contributed by atoms with Gasteiger partial charge in [-0.3, -0.25) is 9.78 Å². The van der Waals surface area contributed by atoms with Gasteiger partial charge in [0, 0.05) is 23.9 Å². The minimum absolute atomic E-state index is 0.0632. The van der Waals surface area contributed by atoms with E-state index in [1.807, 2.05) is 0 Å². The second-order valence-corrected chi connectivity index (χ2v) is 7.62. The van der Waals surface area contributed by atoms with E-state index in [-0.39, 0.29) is 11.5 Å². The van der Waals surface area contributed by atoms with Gasteiger partial charge in [-0.05, 0) is 18.2 Å². The fraction of sp³-hybridized carbons (Fsp3) is 0.0500. The molecule has 150 valence electrons. The maximum atomic E-state index is 12.6. The van der Waals surface area contributed by atoms with Crippen LogP contribution in [0.25, 0.3) is 17.0 Å². The first kappa shape index (κ1) is 20.0. The van der Waals surface area contributed by atoms with Crippen LogP contribution in [0.5, 0.6) is 5.75 Å². The molecule has 1 aliphatic heterocycles. The average Bonchev–Trinajstić information content (AvgIpc) is 3.22. The summed E-state index contributed by atoms with van der Waals surface area (Å²) in [4.78, 5) is 16.3. The number of benzene rings is 1. The smallest absolute Gasteiger partial charge is 0.455 e. The number of ether oxygens (including phenoxy) is 1. The van der Waals surface area contributed by atoms with Crippen molar-refractivity contribution >= 4 is 51.3 Å². The number of hydrogen-bond donors (Lipinski definition) is 1. The Morgan fingerprint density at radius 1 is 1.20 bits per heavy atom. The zero-order valence-electron chi connectivity index (χ0n) is 14.7. The monoisotopic (exact) mass is 446 g/mol. The van der Waals surface area contributed by atoms with Crippen LogP contribution in [0.2, 0.25) is 0 Å². The number of nitrogens with zero attached hydrogens (tertiary/aromatic N) is 1. The second-order valence-electron chi connectivity index (χ2n) is 5.90. The lowest BCUT2D eigenvalue weighted by Gasteiger charge is -2.09. The van der Waals surface area contributed by atoms with Crippen LogP contribution in [-0.2, 0) is 4.79 Å². The van der Waals surface area contributed by atoms with Crippen LogP contribution in [0, 0.1) is 11.8 Å². The zero-order valence-corrected chi connectivity index (χ0v) is 16.4. The molecule has 0 spiro atoms. The van der Waals surface area contributed by atoms with Gasteiger partial charge in [-0.2, -0.15) is 0 Å². The quantitative estimate of drug-likeness (QED) is 0.352. The Morgan fingerprint density at radius 3 is 2.70 bits per heavy atom. The van der Waals surface area contributed by atoms with Gasteiger partial charge in [0.25, 0.3) is 5.91 Å². The topological polar surface area (TPSA) is 64.4 Å². The molecule has 30 heavy (non-hydrogen) atoms. The summed E-state index contributed by atoms with van der Waals surface area (Å²) in [6.07, 6.45) is -0.285. The van der Waals surface area contributed by atoms with E-state index >= 15 is 0 Å². The van der Waals surface area contributed by atoms with Crippen LogP contribution >= 0.6 is 24.0 Å². The minimum atomic E-state index is -4.82. The molecule has 3 aromatic rings. The number of aromatic nitrogens is 1. The fourth-order valence-electron chi connectivity index (χ4n) is 2.61. The molecule has 1 fully saturated rings. The number of alkyl halides is 3. The number of thioether (sulfide) groups is 1. The standard InChI is InChI=1S/C20H9F3N2O3S2/c21-20(22,23)28-15-4-2-1-3-11(15)5-6-12-9-24-10-13-7-14(27-17(12)13)8-16-18(26)25-19(29)30-16/h1-4,7-10H,(H,25,26,29)/b16-8+. The Bertz CT molecular complexity index is 1270. The molecule has 1 N–H and O–H groups in total. The highest BCUT2D eigenvalue weighted by Gasteiger charge is 2.31. The van der Waals surface area contributed by atoms with Gasteiger partial charge in [0.2, 0.25) is 0 Å². The number of nitrogens with one attached hydrogen (secondary N) is 1. The summed E-state index contributed by atoms with van der Waals surface area (Å²) in [5.41, 5.74) is 0.829. The van der Waals surface area contributed by atoms with E-state index < -0.39 is 12.1 Å². The van der Waals surface area contributed by atoms with Crippen molar-refractivity contribution in [2.45, 2.75) is 6.36 Å². The normalized spacial score (nSPS) is 15.2. The maximum Gasteiger partial charge on any atom is 0.573 e. The lowest BCUT2D eigenvalue weighted by Crippen LogP contribution is -2.17. The molecule has 0 aliphatic carbocycles. The van der Waals surface area contributed by atoms with Gasteiger partial charge in [0.05, 0.1) is 16.0 Å². The molecule has 0 atom stereocenters. The maximum absolute atomic E-state index is 12.6. The molecule has 0 bridgehead atoms. The molecule has 1 aliphatic rings. The third kappa shape index (κ3) is 4.48. The van der Waals surface area contributed by atoms with E-state index in [9.17, 15) is 18.0 Å². The number of amides is 1. The molecule has 3 heterocycles. The molecule has 10 heteroatoms. The molecular formula is C20H9F3N2O3S2. The Balaban J connectivity index is 1.69. The number of carbonyl (C=O) groups excluding carboxylic acids is 1. The number of carbonyl (C=O) groups is 1. The van der Waals surface area contributed by atoms with Gasteiger partial charge < -0.3 is 14.5 Å². The first-order valence-corrected chi connectivity index (χ1v) is 9.50. The van der Waals surface area contributed by atoms with Crippen molar-refractivity contribution in [3.63, 3.8) is 0 Å². The number of pyridine rings is 1. The highest BCUT2D eigenvalue weighted by Crippen LogP contribution is 2.29. The summed E-state index contributed by atoms with van der Waals surface area (Å²) in [5, 5.41) is 3.14. The van der Waals surface area contributed by atoms with Gasteiger partial charge >= 0.3 is 6.36 Å². The van der Waals surface area contributed by atoms with Gasteiger partial charge in [0.15, 0.2) is 5.58 Å². The highest BCUT2D eigenvalue weighted by molar-refractivity contribution is 8.26. The molecule has 0 saturated carbocycles. The van der Waals surface area contributed by atoms with Gasteiger partial charge in [0.1, 0.15) is 15.8 Å². The van der Waals surface area contributed by atoms with Crippen molar-refractivity contribution in [2.75, 3.05) is 0 Å². The van der Waals surface area contributed by atoms with Crippen LogP contribution < -0.4 is 10.1 Å². The van der Waals surface area contributed by atoms with Crippen molar-refractivity contribution in [3.8, 4) is 17.6 Å². The largest absolute Gasteiger partial charge is 0.573 e. The number of halogens is 3. The van der Waals surface area contributed by atoms with Gasteiger partial charge in [-0.25, -0.2) is 0 Å². The molecule has 4 rings (SSSR count). The Kier molecular flexibility index (Phi) is 5.24. The van der Waals surface area contributed by atoms with Crippen LogP contribution in [0.1, 0.15) is 16.9 Å². The highest BCUT2D eigenvalue weighted by atomic mass is 32.2. The molecule has 1 saturated heterocycles. The van der Waals surface area contributed by atoms with Crippen molar-refractivity contribution in [1.82, 2.24) is 10.3 Å². The number of hydrogen-bond acceptors (Lipinski definition) is 6. The summed E-state index contributed by atoms with van der Waals surface area (Å²) >= 11 is 6.07. The number of furan rings is 1. The van der Waals surface area contributed by atoms with E-state index in [0.29, 0.717) is 31.5 Å². The summed E-state index contributed by atoms with van der Waals surface area (Å²) in [7, 11) is 0. The predicted octanol–water partition coefficient (Wildman–Crippen LogP) is 4.62. The Hall–Kier alpha value is -3.29. The molecule has 0 radical (unpaired) electrons. The van der Waals surface area contributed by atoms with Crippen LogP contribution in [-0.4, -0.2) is 21.6 Å². The molecule has 1 amide bonds. The van der Waals surface area contributed by atoms with Crippen LogP contribution in [0.15, 0.2) is 52.0 Å². The zero-order chi connectivity index (χ0) is 21.3. The first-order valence-electron chi connectivity index (χ1n) is 8.28. The van der Waals surface area contributed by atoms with Crippen LogP contribution in [0.3, 0.4) is 0 Å². The lowest BCUT2D eigenvalue weighted by atomic mass is 10.1. The van der Waals surface area contributed by atoms with Crippen molar-refractivity contribution in [1.29, 1.82) is 0 Å². The third-order valence-corrected chi connectivity index (χ3v) is 4.96. The molecule has 5 nitrogen and oxygen atoms in total. The first-order chi connectivity index (χ1) is 14.3. The minimum Gasteiger partial charge on any atom is -0.455 e. The molecule has 2 aromatic heterocycles. The van der Waals surface area contributed by atoms with E-state index in [1.165, 1.54) is 24.4 Å². The van der Waals surface area contributed by atoms with E-state index in [1.54, 1.807) is 24.4 Å². The van der Waals surface area contributed by atoms with Crippen LogP contribution in [0.4, 0.5) is 13.2 Å². The second kappa shape index (κ2) is 7.85. The van der Waals surface area contributed by atoms with Gasteiger partial charge in [-0.15, -0.1) is 13.2 Å². The third-order valence-electron chi connectivity index (χ3n) is 3.80. The Labute approximate surface area is 177 Å². The van der Waals surface area contributed by atoms with E-state index in [4.69, 9.17) is 16.6 Å². The Morgan fingerprint density at radius 2 is 1.97 bits per heavy atom. The number of fused-ring (bicyclic) bond motifs is 1. The summed E-state index contributed by atoms with van der Waals surface area (Å²) in [6, 6.07) is 7.25. The SMILES string of the molecule is O=C1NC(=S)S/C1=C/c1cc2cncc(C#Cc3ccccc3OC(F)(F)F)c2o1. The van der Waals surface area contributed by atoms with E-state index in [2.05, 4.69) is 26.9 Å². The van der Waals surface area contributed by atoms with Gasteiger partial charge in [-0.1, -0.05) is 48.0 Å². The summed E-state index contributed by atoms with van der Waals surface area (Å²) in [5.74, 6) is 5.11. The molecule has 1 aromatic carbocycles. The van der Waals surface area contributed by atoms with E-state index in [0.717, 1.165) is 11.8 Å². The van der Waals surface area contributed by atoms with Crippen molar-refractivity contribution in [3.05, 3.63) is 64.5 Å². The molecule has 0 unspecified atom stereocenters. The number of rotatable bonds is 2. The summed E-state index contributed by atoms with van der Waals surface area (Å²) < 4.78 is 47.9. The van der Waals surface area contributed by atoms with Crippen molar-refractivity contribution < 1.29 is 27.1 Å². The number of thiocarbonyl (C=S) groups is 1. The number of para-hydroxylation sites is 1. The lowest BCUT2D eigenvalue weighted by molar-refractivity contribution is -0.274. The molecular weight excluding hydrogens is 437 g/mol. The predicted molar refractivity (Wildman–Crippen MR) is 109 cm³/mol.